The molecule has 0 spiro atoms. The van der Waals surface area contributed by atoms with Crippen LogP contribution < -0.4 is 4.74 Å². The standard InChI is InChI=1S/C27H35FN2O4/c1-21(31)30-15-14-29(18-27(33,19-30)20-34-25-9-5-8-24(28)16-25)17-26(32)12-10-23(11-13-26)22-6-3-2-4-7-22/h2-9,16,23,32-33H,10-15,17-20H2,1H3/t23?,26?,27-/m0/s1. The van der Waals surface area contributed by atoms with Crippen molar-refractivity contribution in [2.45, 2.75) is 49.7 Å². The van der Waals surface area contributed by atoms with Crippen molar-refractivity contribution in [1.29, 1.82) is 0 Å². The van der Waals surface area contributed by atoms with Gasteiger partial charge in [-0.05, 0) is 49.3 Å². The van der Waals surface area contributed by atoms with Crippen LogP contribution in [-0.4, -0.2) is 76.5 Å². The SMILES string of the molecule is CC(=O)N1CCN(CC2(O)CCC(c3ccccc3)CC2)C[C@@](O)(COc2cccc(F)c2)C1. The Morgan fingerprint density at radius 1 is 1.03 bits per heavy atom. The lowest BCUT2D eigenvalue weighted by molar-refractivity contribution is -0.132. The molecule has 0 radical (unpaired) electrons. The molecule has 1 amide bonds. The average Bonchev–Trinajstić information content (AvgIpc) is 2.98. The smallest absolute Gasteiger partial charge is 0.219 e. The molecule has 2 aromatic carbocycles. The van der Waals surface area contributed by atoms with Crippen LogP contribution in [0, 0.1) is 5.82 Å². The van der Waals surface area contributed by atoms with E-state index in [1.165, 1.54) is 24.6 Å². The minimum absolute atomic E-state index is 0.0781. The first kappa shape index (κ1) is 24.6. The van der Waals surface area contributed by atoms with E-state index < -0.39 is 17.0 Å². The van der Waals surface area contributed by atoms with Crippen LogP contribution in [0.15, 0.2) is 54.6 Å². The molecule has 1 atom stereocenters. The summed E-state index contributed by atoms with van der Waals surface area (Å²) in [7, 11) is 0. The molecule has 1 saturated carbocycles. The zero-order chi connectivity index (χ0) is 24.2. The molecule has 0 unspecified atom stereocenters. The van der Waals surface area contributed by atoms with Gasteiger partial charge in [-0.3, -0.25) is 9.69 Å². The first-order chi connectivity index (χ1) is 16.2. The van der Waals surface area contributed by atoms with Gasteiger partial charge >= 0.3 is 0 Å². The molecule has 0 aromatic heterocycles. The highest BCUT2D eigenvalue weighted by molar-refractivity contribution is 5.73. The fourth-order valence-electron chi connectivity index (χ4n) is 5.30. The van der Waals surface area contributed by atoms with E-state index in [0.29, 0.717) is 44.1 Å². The normalized spacial score (nSPS) is 28.4. The van der Waals surface area contributed by atoms with Gasteiger partial charge in [-0.15, -0.1) is 0 Å². The van der Waals surface area contributed by atoms with Gasteiger partial charge in [0, 0.05) is 39.2 Å². The van der Waals surface area contributed by atoms with E-state index in [2.05, 4.69) is 24.3 Å². The first-order valence-corrected chi connectivity index (χ1v) is 12.1. The van der Waals surface area contributed by atoms with Crippen LogP contribution in [0.25, 0.3) is 0 Å². The highest BCUT2D eigenvalue weighted by atomic mass is 19.1. The van der Waals surface area contributed by atoms with Gasteiger partial charge in [0.2, 0.25) is 5.91 Å². The van der Waals surface area contributed by atoms with E-state index in [0.717, 1.165) is 12.8 Å². The molecule has 2 aromatic rings. The van der Waals surface area contributed by atoms with E-state index in [1.807, 2.05) is 11.0 Å². The number of carbonyl (C=O) groups is 1. The molecule has 1 aliphatic carbocycles. The van der Waals surface area contributed by atoms with E-state index in [9.17, 15) is 19.4 Å². The summed E-state index contributed by atoms with van der Waals surface area (Å²) in [5.41, 5.74) is -0.854. The number of halogens is 1. The lowest BCUT2D eigenvalue weighted by atomic mass is 9.76. The topological polar surface area (TPSA) is 73.2 Å². The van der Waals surface area contributed by atoms with Gasteiger partial charge in [0.05, 0.1) is 12.1 Å². The van der Waals surface area contributed by atoms with Gasteiger partial charge < -0.3 is 19.8 Å². The predicted molar refractivity (Wildman–Crippen MR) is 128 cm³/mol. The van der Waals surface area contributed by atoms with Gasteiger partial charge in [-0.2, -0.15) is 0 Å². The molecule has 184 valence electrons. The van der Waals surface area contributed by atoms with Gasteiger partial charge in [-0.1, -0.05) is 36.4 Å². The Morgan fingerprint density at radius 3 is 2.44 bits per heavy atom. The molecule has 6 nitrogen and oxygen atoms in total. The summed E-state index contributed by atoms with van der Waals surface area (Å²) in [4.78, 5) is 15.8. The van der Waals surface area contributed by atoms with Gasteiger partial charge in [-0.25, -0.2) is 4.39 Å². The second kappa shape index (κ2) is 10.4. The highest BCUT2D eigenvalue weighted by Gasteiger charge is 2.41. The van der Waals surface area contributed by atoms with Gasteiger partial charge in [0.15, 0.2) is 0 Å². The number of carbonyl (C=O) groups excluding carboxylic acids is 1. The van der Waals surface area contributed by atoms with Crippen molar-refractivity contribution in [2.75, 3.05) is 39.3 Å². The van der Waals surface area contributed by atoms with Crippen molar-refractivity contribution < 1.29 is 24.1 Å². The Bertz CT molecular complexity index is 964. The second-order valence-electron chi connectivity index (χ2n) is 10.0. The number of β-amino-alcohol motifs (C(OH)–C–C–N with tert-alkyl or cyclic N) is 2. The Balaban J connectivity index is 1.41. The Hall–Kier alpha value is -2.48. The summed E-state index contributed by atoms with van der Waals surface area (Å²) in [6.45, 7) is 3.27. The van der Waals surface area contributed by atoms with Crippen LogP contribution in [0.4, 0.5) is 4.39 Å². The zero-order valence-electron chi connectivity index (χ0n) is 19.8. The summed E-state index contributed by atoms with van der Waals surface area (Å²) in [5.74, 6) is 0.255. The Labute approximate surface area is 200 Å². The molecule has 2 fully saturated rings. The van der Waals surface area contributed by atoms with Crippen LogP contribution >= 0.6 is 0 Å². The van der Waals surface area contributed by atoms with Crippen molar-refractivity contribution in [3.05, 3.63) is 66.0 Å². The maximum absolute atomic E-state index is 13.5. The summed E-state index contributed by atoms with van der Waals surface area (Å²) >= 11 is 0. The molecule has 0 bridgehead atoms. The largest absolute Gasteiger partial charge is 0.490 e. The minimum Gasteiger partial charge on any atom is -0.490 e. The molecule has 34 heavy (non-hydrogen) atoms. The third kappa shape index (κ3) is 6.34. The summed E-state index contributed by atoms with van der Waals surface area (Å²) in [6.07, 6.45) is 3.22. The van der Waals surface area contributed by atoms with Crippen LogP contribution in [-0.2, 0) is 4.79 Å². The van der Waals surface area contributed by atoms with E-state index >= 15 is 0 Å². The minimum atomic E-state index is -1.34. The van der Waals surface area contributed by atoms with Crippen molar-refractivity contribution in [1.82, 2.24) is 9.80 Å². The van der Waals surface area contributed by atoms with Crippen molar-refractivity contribution >= 4 is 5.91 Å². The number of hydrogen-bond acceptors (Lipinski definition) is 5. The van der Waals surface area contributed by atoms with E-state index in [-0.39, 0.29) is 25.6 Å². The number of aliphatic hydroxyl groups is 2. The van der Waals surface area contributed by atoms with Crippen molar-refractivity contribution in [3.63, 3.8) is 0 Å². The molecule has 1 heterocycles. The fourth-order valence-corrected chi connectivity index (χ4v) is 5.30. The lowest BCUT2D eigenvalue weighted by Crippen LogP contribution is -2.54. The van der Waals surface area contributed by atoms with Crippen LogP contribution in [0.5, 0.6) is 5.75 Å². The molecule has 4 rings (SSSR count). The maximum atomic E-state index is 13.5. The number of rotatable bonds is 6. The summed E-state index contributed by atoms with van der Waals surface area (Å²) in [5, 5.41) is 22.8. The summed E-state index contributed by atoms with van der Waals surface area (Å²) in [6, 6.07) is 16.2. The third-order valence-electron chi connectivity index (χ3n) is 7.14. The molecular formula is C27H35FN2O4. The summed E-state index contributed by atoms with van der Waals surface area (Å²) < 4.78 is 19.3. The molecule has 2 N–H and O–H groups in total. The van der Waals surface area contributed by atoms with E-state index in [1.54, 1.807) is 17.0 Å². The number of nitrogens with zero attached hydrogens (tertiary/aromatic N) is 2. The molecule has 1 saturated heterocycles. The first-order valence-electron chi connectivity index (χ1n) is 12.1. The number of amides is 1. The Morgan fingerprint density at radius 2 is 1.76 bits per heavy atom. The quantitative estimate of drug-likeness (QED) is 0.679. The Kier molecular flexibility index (Phi) is 7.55. The third-order valence-corrected chi connectivity index (χ3v) is 7.14. The number of ether oxygens (including phenoxy) is 1. The molecule has 1 aliphatic heterocycles. The predicted octanol–water partition coefficient (Wildman–Crippen LogP) is 3.19. The van der Waals surface area contributed by atoms with Crippen molar-refractivity contribution in [2.24, 2.45) is 0 Å². The van der Waals surface area contributed by atoms with Crippen molar-refractivity contribution in [3.8, 4) is 5.75 Å². The maximum Gasteiger partial charge on any atom is 0.219 e. The van der Waals surface area contributed by atoms with Crippen LogP contribution in [0.3, 0.4) is 0 Å². The highest BCUT2D eigenvalue weighted by Crippen LogP contribution is 2.38. The monoisotopic (exact) mass is 470 g/mol. The molecule has 2 aliphatic rings. The second-order valence-corrected chi connectivity index (χ2v) is 10.0. The van der Waals surface area contributed by atoms with E-state index in [4.69, 9.17) is 4.74 Å². The van der Waals surface area contributed by atoms with Gasteiger partial charge in [0.25, 0.3) is 0 Å². The molecular weight excluding hydrogens is 435 g/mol. The van der Waals surface area contributed by atoms with Crippen LogP contribution in [0.1, 0.15) is 44.1 Å². The van der Waals surface area contributed by atoms with Crippen LogP contribution in [0.2, 0.25) is 0 Å². The zero-order valence-corrected chi connectivity index (χ0v) is 19.8. The number of benzene rings is 2. The number of hydrogen-bond donors (Lipinski definition) is 2. The molecule has 7 heteroatoms. The fraction of sp³-hybridized carbons (Fsp3) is 0.519. The lowest BCUT2D eigenvalue weighted by Gasteiger charge is -2.40. The van der Waals surface area contributed by atoms with Gasteiger partial charge in [0.1, 0.15) is 23.8 Å². The average molecular weight is 471 g/mol.